The highest BCUT2D eigenvalue weighted by Crippen LogP contribution is 2.28. The van der Waals surface area contributed by atoms with Gasteiger partial charge in [-0.1, -0.05) is 24.1 Å². The van der Waals surface area contributed by atoms with Crippen molar-refractivity contribution in [1.82, 2.24) is 4.31 Å². The molecule has 1 unspecified atom stereocenters. The molecule has 6 heteroatoms. The second kappa shape index (κ2) is 6.24. The predicted molar refractivity (Wildman–Crippen MR) is 78.3 cm³/mol. The molecule has 0 radical (unpaired) electrons. The van der Waals surface area contributed by atoms with E-state index in [0.717, 1.165) is 19.3 Å². The van der Waals surface area contributed by atoms with Crippen LogP contribution in [0, 0.1) is 0 Å². The van der Waals surface area contributed by atoms with E-state index in [1.165, 1.54) is 17.3 Å². The van der Waals surface area contributed by atoms with Gasteiger partial charge in [0.1, 0.15) is 5.78 Å². The first-order chi connectivity index (χ1) is 9.41. The van der Waals surface area contributed by atoms with E-state index in [2.05, 4.69) is 0 Å². The Labute approximate surface area is 124 Å². The van der Waals surface area contributed by atoms with Crippen LogP contribution in [-0.2, 0) is 14.8 Å². The molecule has 0 aliphatic carbocycles. The average Bonchev–Trinajstić information content (AvgIpc) is 2.38. The molecule has 0 bridgehead atoms. The van der Waals surface area contributed by atoms with Crippen molar-refractivity contribution in [1.29, 1.82) is 0 Å². The zero-order chi connectivity index (χ0) is 14.8. The van der Waals surface area contributed by atoms with Crippen molar-refractivity contribution in [2.24, 2.45) is 0 Å². The lowest BCUT2D eigenvalue weighted by molar-refractivity contribution is -0.118. The van der Waals surface area contributed by atoms with Crippen molar-refractivity contribution in [3.63, 3.8) is 0 Å². The third-order valence-corrected chi connectivity index (χ3v) is 5.68. The van der Waals surface area contributed by atoms with E-state index in [4.69, 9.17) is 11.6 Å². The van der Waals surface area contributed by atoms with Gasteiger partial charge in [0.15, 0.2) is 0 Å². The lowest BCUT2D eigenvalue weighted by Crippen LogP contribution is -2.44. The number of sulfonamides is 1. The van der Waals surface area contributed by atoms with Crippen LogP contribution in [0.25, 0.3) is 0 Å². The summed E-state index contributed by atoms with van der Waals surface area (Å²) in [5.41, 5.74) is 0. The molecule has 0 aromatic heterocycles. The summed E-state index contributed by atoms with van der Waals surface area (Å²) in [4.78, 5) is 11.5. The summed E-state index contributed by atoms with van der Waals surface area (Å²) in [7, 11) is -3.58. The van der Waals surface area contributed by atoms with Crippen LogP contribution in [0.5, 0.6) is 0 Å². The van der Waals surface area contributed by atoms with Crippen LogP contribution in [0.2, 0.25) is 5.02 Å². The first kappa shape index (κ1) is 15.5. The Kier molecular flexibility index (Phi) is 4.83. The van der Waals surface area contributed by atoms with Gasteiger partial charge in [-0.3, -0.25) is 4.79 Å². The SMILES string of the molecule is CC(=O)CC1CCCCN1S(=O)(=O)c1cccc(Cl)c1. The number of hydrogen-bond acceptors (Lipinski definition) is 3. The highest BCUT2D eigenvalue weighted by Gasteiger charge is 2.33. The Morgan fingerprint density at radius 3 is 2.80 bits per heavy atom. The molecule has 1 aromatic rings. The normalized spacial score (nSPS) is 20.8. The van der Waals surface area contributed by atoms with Crippen LogP contribution in [0.3, 0.4) is 0 Å². The van der Waals surface area contributed by atoms with Crippen molar-refractivity contribution in [3.05, 3.63) is 29.3 Å². The number of piperidine rings is 1. The minimum Gasteiger partial charge on any atom is -0.300 e. The van der Waals surface area contributed by atoms with E-state index in [0.29, 0.717) is 11.6 Å². The fraction of sp³-hybridized carbons (Fsp3) is 0.500. The molecule has 1 aromatic carbocycles. The van der Waals surface area contributed by atoms with E-state index in [1.807, 2.05) is 0 Å². The zero-order valence-corrected chi connectivity index (χ0v) is 13.0. The Hall–Kier alpha value is -0.910. The summed E-state index contributed by atoms with van der Waals surface area (Å²) in [5.74, 6) is 0.0168. The maximum absolute atomic E-state index is 12.7. The minimum atomic E-state index is -3.58. The number of benzene rings is 1. The lowest BCUT2D eigenvalue weighted by atomic mass is 10.0. The minimum absolute atomic E-state index is 0.0168. The Bertz CT molecular complexity index is 600. The first-order valence-electron chi connectivity index (χ1n) is 6.68. The van der Waals surface area contributed by atoms with E-state index in [-0.39, 0.29) is 23.1 Å². The van der Waals surface area contributed by atoms with E-state index >= 15 is 0 Å². The van der Waals surface area contributed by atoms with Crippen molar-refractivity contribution in [2.45, 2.75) is 43.5 Å². The summed E-state index contributed by atoms with van der Waals surface area (Å²) >= 11 is 5.87. The Morgan fingerprint density at radius 2 is 2.15 bits per heavy atom. The third-order valence-electron chi connectivity index (χ3n) is 3.50. The van der Waals surface area contributed by atoms with Gasteiger partial charge < -0.3 is 0 Å². The van der Waals surface area contributed by atoms with Crippen LogP contribution in [0.15, 0.2) is 29.2 Å². The lowest BCUT2D eigenvalue weighted by Gasteiger charge is -2.34. The quantitative estimate of drug-likeness (QED) is 0.858. The maximum Gasteiger partial charge on any atom is 0.243 e. The van der Waals surface area contributed by atoms with Crippen molar-refractivity contribution in [3.8, 4) is 0 Å². The largest absolute Gasteiger partial charge is 0.300 e. The highest BCUT2D eigenvalue weighted by molar-refractivity contribution is 7.89. The molecule has 1 atom stereocenters. The molecule has 1 heterocycles. The van der Waals surface area contributed by atoms with E-state index in [9.17, 15) is 13.2 Å². The van der Waals surface area contributed by atoms with E-state index in [1.54, 1.807) is 18.2 Å². The van der Waals surface area contributed by atoms with Crippen molar-refractivity contribution in [2.75, 3.05) is 6.54 Å². The fourth-order valence-electron chi connectivity index (χ4n) is 2.59. The number of nitrogens with zero attached hydrogens (tertiary/aromatic N) is 1. The zero-order valence-electron chi connectivity index (χ0n) is 11.4. The smallest absolute Gasteiger partial charge is 0.243 e. The van der Waals surface area contributed by atoms with Gasteiger partial charge in [-0.25, -0.2) is 8.42 Å². The Morgan fingerprint density at radius 1 is 1.40 bits per heavy atom. The number of halogens is 1. The summed E-state index contributed by atoms with van der Waals surface area (Å²) in [5, 5.41) is 0.395. The van der Waals surface area contributed by atoms with Crippen LogP contribution < -0.4 is 0 Å². The van der Waals surface area contributed by atoms with Gasteiger partial charge in [-0.2, -0.15) is 4.31 Å². The van der Waals surface area contributed by atoms with Gasteiger partial charge in [-0.15, -0.1) is 0 Å². The van der Waals surface area contributed by atoms with Crippen molar-refractivity contribution < 1.29 is 13.2 Å². The van der Waals surface area contributed by atoms with Crippen molar-refractivity contribution >= 4 is 27.4 Å². The van der Waals surface area contributed by atoms with Gasteiger partial charge >= 0.3 is 0 Å². The highest BCUT2D eigenvalue weighted by atomic mass is 35.5. The number of Topliss-reactive ketones (excluding diaryl/α,β-unsaturated/α-hetero) is 1. The summed E-state index contributed by atoms with van der Waals surface area (Å²) in [6.45, 7) is 1.96. The van der Waals surface area contributed by atoms with Gasteiger partial charge in [0.2, 0.25) is 10.0 Å². The predicted octanol–water partition coefficient (Wildman–Crippen LogP) is 2.86. The second-order valence-electron chi connectivity index (χ2n) is 5.13. The molecule has 1 aliphatic rings. The number of ketones is 1. The number of hydrogen-bond donors (Lipinski definition) is 0. The van der Waals surface area contributed by atoms with Crippen LogP contribution in [0.1, 0.15) is 32.6 Å². The third kappa shape index (κ3) is 3.40. The fourth-order valence-corrected chi connectivity index (χ4v) is 4.58. The molecule has 0 amide bonds. The number of rotatable bonds is 4. The van der Waals surface area contributed by atoms with Crippen LogP contribution in [-0.4, -0.2) is 31.1 Å². The van der Waals surface area contributed by atoms with Gasteiger partial charge in [0.25, 0.3) is 0 Å². The molecule has 2 rings (SSSR count). The van der Waals surface area contributed by atoms with Crippen LogP contribution in [0.4, 0.5) is 0 Å². The molecule has 1 saturated heterocycles. The second-order valence-corrected chi connectivity index (χ2v) is 7.46. The maximum atomic E-state index is 12.7. The summed E-state index contributed by atoms with van der Waals surface area (Å²) in [6, 6.07) is 6.03. The molecule has 0 spiro atoms. The van der Waals surface area contributed by atoms with Gasteiger partial charge in [0, 0.05) is 24.0 Å². The molecular formula is C14H18ClNO3S. The summed E-state index contributed by atoms with van der Waals surface area (Å²) < 4.78 is 26.8. The van der Waals surface area contributed by atoms with E-state index < -0.39 is 10.0 Å². The standard InChI is InChI=1S/C14H18ClNO3S/c1-11(17)9-13-6-2-3-8-16(13)20(18,19)14-7-4-5-12(15)10-14/h4-5,7,10,13H,2-3,6,8-9H2,1H3. The first-order valence-corrected chi connectivity index (χ1v) is 8.50. The monoisotopic (exact) mass is 315 g/mol. The number of carbonyl (C=O) groups is 1. The molecule has 0 saturated carbocycles. The van der Waals surface area contributed by atoms with Crippen LogP contribution >= 0.6 is 11.6 Å². The molecular weight excluding hydrogens is 298 g/mol. The molecule has 20 heavy (non-hydrogen) atoms. The Balaban J connectivity index is 2.33. The topological polar surface area (TPSA) is 54.5 Å². The molecule has 1 aliphatic heterocycles. The molecule has 110 valence electrons. The average molecular weight is 316 g/mol. The van der Waals surface area contributed by atoms with Gasteiger partial charge in [-0.05, 0) is 38.0 Å². The molecule has 4 nitrogen and oxygen atoms in total. The number of carbonyl (C=O) groups excluding carboxylic acids is 1. The summed E-state index contributed by atoms with van der Waals surface area (Å²) in [6.07, 6.45) is 2.80. The molecule has 1 fully saturated rings. The van der Waals surface area contributed by atoms with Gasteiger partial charge in [0.05, 0.1) is 4.90 Å². The molecule has 0 N–H and O–H groups in total.